The molecule has 0 amide bonds. The van der Waals surface area contributed by atoms with Gasteiger partial charge >= 0.3 is 5.97 Å². The number of carboxylic acid groups (broad SMARTS) is 1. The molecule has 1 N–H and O–H groups in total. The van der Waals surface area contributed by atoms with Crippen LogP contribution in [0.3, 0.4) is 0 Å². The van der Waals surface area contributed by atoms with E-state index in [4.69, 9.17) is 5.11 Å². The minimum absolute atomic E-state index is 0.0877. The molecule has 0 aliphatic carbocycles. The lowest BCUT2D eigenvalue weighted by molar-refractivity contribution is -0.135. The van der Waals surface area contributed by atoms with Crippen LogP contribution in [-0.4, -0.2) is 36.7 Å². The Kier molecular flexibility index (Phi) is 5.07. The maximum atomic E-state index is 11.1. The van der Waals surface area contributed by atoms with Gasteiger partial charge in [-0.25, -0.2) is 4.98 Å². The highest BCUT2D eigenvalue weighted by atomic mass is 16.4. The van der Waals surface area contributed by atoms with Crippen molar-refractivity contribution >= 4 is 28.2 Å². The molecule has 5 nitrogen and oxygen atoms in total. The second kappa shape index (κ2) is 7.44. The van der Waals surface area contributed by atoms with E-state index in [1.807, 2.05) is 37.3 Å². The first-order valence-corrected chi connectivity index (χ1v) is 8.54. The summed E-state index contributed by atoms with van der Waals surface area (Å²) in [5.41, 5.74) is 3.20. The molecule has 0 radical (unpaired) electrons. The average molecular weight is 349 g/mol. The fraction of sp³-hybridized carbons (Fsp3) is 0.238. The molecule has 0 saturated carbocycles. The van der Waals surface area contributed by atoms with Crippen molar-refractivity contribution in [1.82, 2.24) is 4.98 Å². The summed E-state index contributed by atoms with van der Waals surface area (Å²) in [6.45, 7) is 2.64. The number of aliphatic carboxylic acids is 1. The van der Waals surface area contributed by atoms with Crippen LogP contribution in [0.25, 0.3) is 10.8 Å². The van der Waals surface area contributed by atoms with Gasteiger partial charge in [0.1, 0.15) is 12.4 Å². The van der Waals surface area contributed by atoms with Gasteiger partial charge in [0.05, 0.1) is 0 Å². The first-order chi connectivity index (χ1) is 12.5. The lowest BCUT2D eigenvalue weighted by Gasteiger charge is -2.24. The SMILES string of the molecule is Cc1cc2c(N(C)Cc3ccccc3)cccc2c(N(C)CC(=O)O)n1. The molecule has 0 aliphatic heterocycles. The average Bonchev–Trinajstić information content (AvgIpc) is 2.60. The van der Waals surface area contributed by atoms with E-state index >= 15 is 0 Å². The Bertz CT molecular complexity index is 925. The molecule has 1 aromatic heterocycles. The third kappa shape index (κ3) is 3.77. The summed E-state index contributed by atoms with van der Waals surface area (Å²) >= 11 is 0. The van der Waals surface area contributed by atoms with E-state index in [1.54, 1.807) is 11.9 Å². The number of benzene rings is 2. The molecule has 0 bridgehead atoms. The van der Waals surface area contributed by atoms with Gasteiger partial charge < -0.3 is 14.9 Å². The van der Waals surface area contributed by atoms with E-state index in [9.17, 15) is 4.79 Å². The van der Waals surface area contributed by atoms with E-state index in [0.29, 0.717) is 5.82 Å². The Hall–Kier alpha value is -3.08. The van der Waals surface area contributed by atoms with Gasteiger partial charge in [-0.1, -0.05) is 42.5 Å². The normalized spacial score (nSPS) is 10.7. The number of fused-ring (bicyclic) bond motifs is 1. The topological polar surface area (TPSA) is 56.7 Å². The van der Waals surface area contributed by atoms with Crippen molar-refractivity contribution in [3.63, 3.8) is 0 Å². The molecule has 3 aromatic rings. The van der Waals surface area contributed by atoms with Gasteiger partial charge in [-0.05, 0) is 24.6 Å². The Labute approximate surface area is 153 Å². The van der Waals surface area contributed by atoms with Crippen LogP contribution in [0.4, 0.5) is 11.5 Å². The summed E-state index contributed by atoms with van der Waals surface area (Å²) < 4.78 is 0. The van der Waals surface area contributed by atoms with Crippen LogP contribution in [0.15, 0.2) is 54.6 Å². The predicted molar refractivity (Wildman–Crippen MR) is 106 cm³/mol. The van der Waals surface area contributed by atoms with E-state index in [1.165, 1.54) is 5.56 Å². The highest BCUT2D eigenvalue weighted by Gasteiger charge is 2.15. The number of aryl methyl sites for hydroxylation is 1. The lowest BCUT2D eigenvalue weighted by atomic mass is 10.1. The number of hydrogen-bond donors (Lipinski definition) is 1. The Morgan fingerprint density at radius 1 is 1.00 bits per heavy atom. The molecule has 0 saturated heterocycles. The van der Waals surface area contributed by atoms with Crippen molar-refractivity contribution < 1.29 is 9.90 Å². The van der Waals surface area contributed by atoms with Crippen LogP contribution in [0.5, 0.6) is 0 Å². The number of nitrogens with zero attached hydrogens (tertiary/aromatic N) is 3. The van der Waals surface area contributed by atoms with Gasteiger partial charge in [-0.3, -0.25) is 4.79 Å². The Balaban J connectivity index is 2.04. The third-order valence-electron chi connectivity index (χ3n) is 4.37. The standard InChI is InChI=1S/C21H23N3O2/c1-15-12-18-17(21(22-15)24(3)14-20(25)26)10-7-11-19(18)23(2)13-16-8-5-4-6-9-16/h4-12H,13-14H2,1-3H3,(H,25,26). The fourth-order valence-electron chi connectivity index (χ4n) is 3.21. The summed E-state index contributed by atoms with van der Waals surface area (Å²) in [4.78, 5) is 19.6. The van der Waals surface area contributed by atoms with Gasteiger partial charge in [0, 0.05) is 42.8 Å². The number of carbonyl (C=O) groups is 1. The minimum Gasteiger partial charge on any atom is -0.480 e. The fourth-order valence-corrected chi connectivity index (χ4v) is 3.21. The summed E-state index contributed by atoms with van der Waals surface area (Å²) in [7, 11) is 3.83. The van der Waals surface area contributed by atoms with Crippen molar-refractivity contribution in [2.24, 2.45) is 0 Å². The summed E-state index contributed by atoms with van der Waals surface area (Å²) in [6, 6.07) is 18.5. The zero-order valence-corrected chi connectivity index (χ0v) is 15.3. The first-order valence-electron chi connectivity index (χ1n) is 8.54. The molecule has 0 fully saturated rings. The Morgan fingerprint density at radius 3 is 2.42 bits per heavy atom. The van der Waals surface area contributed by atoms with E-state index < -0.39 is 5.97 Å². The van der Waals surface area contributed by atoms with Crippen molar-refractivity contribution in [3.05, 3.63) is 65.9 Å². The zero-order valence-electron chi connectivity index (χ0n) is 15.3. The largest absolute Gasteiger partial charge is 0.480 e. The Morgan fingerprint density at radius 2 is 1.73 bits per heavy atom. The molecule has 2 aromatic carbocycles. The second-order valence-electron chi connectivity index (χ2n) is 6.55. The lowest BCUT2D eigenvalue weighted by Crippen LogP contribution is -2.26. The van der Waals surface area contributed by atoms with Gasteiger partial charge in [0.15, 0.2) is 0 Å². The second-order valence-corrected chi connectivity index (χ2v) is 6.55. The summed E-state index contributed by atoms with van der Waals surface area (Å²) in [5.74, 6) is -0.182. The smallest absolute Gasteiger partial charge is 0.323 e. The molecule has 134 valence electrons. The number of hydrogen-bond acceptors (Lipinski definition) is 4. The van der Waals surface area contributed by atoms with Crippen molar-refractivity contribution in [1.29, 1.82) is 0 Å². The third-order valence-corrected chi connectivity index (χ3v) is 4.37. The van der Waals surface area contributed by atoms with Crippen LogP contribution >= 0.6 is 0 Å². The molecule has 0 unspecified atom stereocenters. The van der Waals surface area contributed by atoms with Gasteiger partial charge in [-0.15, -0.1) is 0 Å². The highest BCUT2D eigenvalue weighted by Crippen LogP contribution is 2.32. The number of rotatable bonds is 6. The van der Waals surface area contributed by atoms with E-state index in [2.05, 4.69) is 41.2 Å². The number of aromatic nitrogens is 1. The van der Waals surface area contributed by atoms with Crippen molar-refractivity contribution in [3.8, 4) is 0 Å². The van der Waals surface area contributed by atoms with E-state index in [-0.39, 0.29) is 6.54 Å². The number of pyridine rings is 1. The molecule has 0 atom stereocenters. The number of likely N-dealkylation sites (N-methyl/N-ethyl adjacent to an activating group) is 1. The molecule has 0 spiro atoms. The van der Waals surface area contributed by atoms with Gasteiger partial charge in [0.2, 0.25) is 0 Å². The summed E-state index contributed by atoms with van der Waals surface area (Å²) in [6.07, 6.45) is 0. The first kappa shape index (κ1) is 17.7. The predicted octanol–water partition coefficient (Wildman–Crippen LogP) is 3.70. The molecular formula is C21H23N3O2. The molecule has 5 heteroatoms. The molecule has 1 heterocycles. The minimum atomic E-state index is -0.874. The molecule has 26 heavy (non-hydrogen) atoms. The number of carboxylic acids is 1. The van der Waals surface area contributed by atoms with Crippen molar-refractivity contribution in [2.75, 3.05) is 30.4 Å². The molecule has 0 aliphatic rings. The van der Waals surface area contributed by atoms with E-state index in [0.717, 1.165) is 28.7 Å². The maximum absolute atomic E-state index is 11.1. The molecule has 3 rings (SSSR count). The van der Waals surface area contributed by atoms with Crippen molar-refractivity contribution in [2.45, 2.75) is 13.5 Å². The number of anilines is 2. The van der Waals surface area contributed by atoms with Crippen LogP contribution in [0, 0.1) is 6.92 Å². The summed E-state index contributed by atoms with van der Waals surface area (Å²) in [5, 5.41) is 11.1. The van der Waals surface area contributed by atoms with Crippen LogP contribution in [0.2, 0.25) is 0 Å². The van der Waals surface area contributed by atoms with Gasteiger partial charge in [-0.2, -0.15) is 0 Å². The highest BCUT2D eigenvalue weighted by molar-refractivity contribution is 6.01. The maximum Gasteiger partial charge on any atom is 0.323 e. The van der Waals surface area contributed by atoms with Crippen LogP contribution < -0.4 is 9.80 Å². The monoisotopic (exact) mass is 349 g/mol. The van der Waals surface area contributed by atoms with Crippen LogP contribution in [0.1, 0.15) is 11.3 Å². The quantitative estimate of drug-likeness (QED) is 0.735. The molecular weight excluding hydrogens is 326 g/mol. The zero-order chi connectivity index (χ0) is 18.7. The van der Waals surface area contributed by atoms with Crippen LogP contribution in [-0.2, 0) is 11.3 Å². The van der Waals surface area contributed by atoms with Gasteiger partial charge in [0.25, 0.3) is 0 Å².